The Morgan fingerprint density at radius 3 is 2.48 bits per heavy atom. The fourth-order valence-electron chi connectivity index (χ4n) is 5.58. The number of fused-ring (bicyclic) bond motifs is 1. The molecular formula is C16H30O4Si. The van der Waals surface area contributed by atoms with E-state index >= 15 is 0 Å². The van der Waals surface area contributed by atoms with Gasteiger partial charge in [-0.25, -0.2) is 0 Å². The summed E-state index contributed by atoms with van der Waals surface area (Å²) in [7, 11) is -1.52. The smallest absolute Gasteiger partial charge is 0.128 e. The first-order valence-electron chi connectivity index (χ1n) is 8.29. The maximum atomic E-state index is 11.6. The van der Waals surface area contributed by atoms with Crippen LogP contribution in [-0.4, -0.2) is 52.9 Å². The Kier molecular flexibility index (Phi) is 3.44. The van der Waals surface area contributed by atoms with Crippen LogP contribution in [0.15, 0.2) is 0 Å². The van der Waals surface area contributed by atoms with Gasteiger partial charge in [0.05, 0.1) is 23.9 Å². The summed E-state index contributed by atoms with van der Waals surface area (Å²) in [5, 5.41) is 32.6. The molecule has 5 heteroatoms. The summed E-state index contributed by atoms with van der Waals surface area (Å²) in [6, 6.07) is 0.746. The molecule has 2 heterocycles. The summed E-state index contributed by atoms with van der Waals surface area (Å²) in [5.41, 5.74) is -2.08. The average molecular weight is 314 g/mol. The molecule has 1 spiro atoms. The Labute approximate surface area is 128 Å². The fraction of sp³-hybridized carbons (Fsp3) is 1.00. The predicted molar refractivity (Wildman–Crippen MR) is 83.9 cm³/mol. The quantitative estimate of drug-likeness (QED) is 0.681. The third-order valence-corrected chi connectivity index (χ3v) is 7.73. The van der Waals surface area contributed by atoms with Gasteiger partial charge in [0.1, 0.15) is 5.60 Å². The molecule has 1 saturated carbocycles. The van der Waals surface area contributed by atoms with Crippen LogP contribution in [0.2, 0.25) is 25.7 Å². The van der Waals surface area contributed by atoms with E-state index in [1.807, 2.05) is 0 Å². The van der Waals surface area contributed by atoms with Gasteiger partial charge in [0, 0.05) is 19.9 Å². The molecule has 21 heavy (non-hydrogen) atoms. The highest BCUT2D eigenvalue weighted by atomic mass is 28.3. The Morgan fingerprint density at radius 1 is 1.19 bits per heavy atom. The van der Waals surface area contributed by atoms with E-state index in [1.165, 1.54) is 0 Å². The molecule has 0 aromatic carbocycles. The van der Waals surface area contributed by atoms with E-state index in [0.717, 1.165) is 25.3 Å². The van der Waals surface area contributed by atoms with Crippen LogP contribution in [0.5, 0.6) is 0 Å². The van der Waals surface area contributed by atoms with Gasteiger partial charge in [0.2, 0.25) is 0 Å². The lowest BCUT2D eigenvalue weighted by atomic mass is 9.55. The molecule has 1 aliphatic carbocycles. The van der Waals surface area contributed by atoms with Gasteiger partial charge in [-0.3, -0.25) is 0 Å². The van der Waals surface area contributed by atoms with Crippen molar-refractivity contribution in [2.24, 2.45) is 5.41 Å². The van der Waals surface area contributed by atoms with Crippen LogP contribution in [0.25, 0.3) is 0 Å². The van der Waals surface area contributed by atoms with Gasteiger partial charge in [-0.2, -0.15) is 0 Å². The highest BCUT2D eigenvalue weighted by molar-refractivity contribution is 6.76. The minimum absolute atomic E-state index is 0.232. The number of rotatable bonds is 2. The van der Waals surface area contributed by atoms with Gasteiger partial charge in [-0.05, 0) is 31.7 Å². The molecule has 3 N–H and O–H groups in total. The van der Waals surface area contributed by atoms with E-state index < -0.39 is 31.5 Å². The Balaban J connectivity index is 2.07. The van der Waals surface area contributed by atoms with Gasteiger partial charge in [0.25, 0.3) is 0 Å². The standard InChI is InChI=1S/C16H30O4Si/c1-14-6-5-7-15(19,10-21(2,3)4)16(14)13(18)8-11(17)12(9-14)20-16/h11-13,17-19H,5-10H2,1-4H3/t11-,12+,13-,14-,15-,16+/m0/s1. The molecule has 0 amide bonds. The molecule has 0 unspecified atom stereocenters. The Bertz CT molecular complexity index is 436. The van der Waals surface area contributed by atoms with E-state index in [4.69, 9.17) is 4.74 Å². The maximum absolute atomic E-state index is 11.6. The van der Waals surface area contributed by atoms with E-state index in [0.29, 0.717) is 12.8 Å². The molecule has 0 radical (unpaired) electrons. The zero-order valence-corrected chi connectivity index (χ0v) is 14.7. The summed E-state index contributed by atoms with van der Waals surface area (Å²) in [6.07, 6.45) is 2.09. The summed E-state index contributed by atoms with van der Waals surface area (Å²) in [4.78, 5) is 0. The van der Waals surface area contributed by atoms with Crippen molar-refractivity contribution in [1.82, 2.24) is 0 Å². The molecule has 0 aromatic rings. The number of hydrogen-bond donors (Lipinski definition) is 3. The van der Waals surface area contributed by atoms with Gasteiger partial charge < -0.3 is 20.1 Å². The number of aliphatic hydroxyl groups is 3. The van der Waals surface area contributed by atoms with Crippen molar-refractivity contribution in [3.8, 4) is 0 Å². The van der Waals surface area contributed by atoms with Crippen molar-refractivity contribution >= 4 is 8.07 Å². The second kappa shape index (κ2) is 4.54. The first-order valence-corrected chi connectivity index (χ1v) is 12.0. The zero-order valence-electron chi connectivity index (χ0n) is 13.7. The number of aliphatic hydroxyl groups excluding tert-OH is 2. The summed E-state index contributed by atoms with van der Waals surface area (Å²) >= 11 is 0. The topological polar surface area (TPSA) is 69.9 Å². The van der Waals surface area contributed by atoms with Crippen LogP contribution in [-0.2, 0) is 4.74 Å². The molecule has 3 fully saturated rings. The van der Waals surface area contributed by atoms with Gasteiger partial charge in [-0.1, -0.05) is 26.6 Å². The van der Waals surface area contributed by atoms with Gasteiger partial charge >= 0.3 is 0 Å². The van der Waals surface area contributed by atoms with Crippen LogP contribution in [0.3, 0.4) is 0 Å². The maximum Gasteiger partial charge on any atom is 0.128 e. The van der Waals surface area contributed by atoms with Crippen molar-refractivity contribution in [1.29, 1.82) is 0 Å². The third kappa shape index (κ3) is 2.08. The minimum atomic E-state index is -1.52. The second-order valence-electron chi connectivity index (χ2n) is 9.10. The van der Waals surface area contributed by atoms with Gasteiger partial charge in [0.15, 0.2) is 0 Å². The van der Waals surface area contributed by atoms with Crippen molar-refractivity contribution in [2.75, 3.05) is 0 Å². The molecule has 4 nitrogen and oxygen atoms in total. The van der Waals surface area contributed by atoms with E-state index in [9.17, 15) is 15.3 Å². The monoisotopic (exact) mass is 314 g/mol. The highest BCUT2D eigenvalue weighted by Crippen LogP contribution is 2.64. The lowest BCUT2D eigenvalue weighted by molar-refractivity contribution is -0.294. The van der Waals surface area contributed by atoms with E-state index in [2.05, 4.69) is 26.6 Å². The molecule has 0 aromatic heterocycles. The zero-order chi connectivity index (χ0) is 15.7. The van der Waals surface area contributed by atoms with Gasteiger partial charge in [-0.15, -0.1) is 0 Å². The molecule has 6 atom stereocenters. The average Bonchev–Trinajstić information content (AvgIpc) is 2.58. The first kappa shape index (κ1) is 15.9. The predicted octanol–water partition coefficient (Wildman–Crippen LogP) is 1.90. The third-order valence-electron chi connectivity index (χ3n) is 6.08. The van der Waals surface area contributed by atoms with Crippen molar-refractivity contribution < 1.29 is 20.1 Å². The minimum Gasteiger partial charge on any atom is -0.390 e. The molecule has 3 rings (SSSR count). The summed E-state index contributed by atoms with van der Waals surface area (Å²) in [5.74, 6) is 0. The fourth-order valence-corrected chi connectivity index (χ4v) is 7.78. The number of ether oxygens (including phenoxy) is 1. The number of hydrogen-bond acceptors (Lipinski definition) is 4. The van der Waals surface area contributed by atoms with Crippen LogP contribution in [0.4, 0.5) is 0 Å². The normalized spacial score (nSPS) is 53.6. The highest BCUT2D eigenvalue weighted by Gasteiger charge is 2.74. The molecule has 2 bridgehead atoms. The SMILES string of the molecule is C[C@@]12CCC[C@](O)(C[Si](C)(C)C)[C@]13O[C@H](C2)[C@@H](O)C[C@@H]3O. The van der Waals surface area contributed by atoms with Crippen LogP contribution in [0, 0.1) is 5.41 Å². The van der Waals surface area contributed by atoms with Crippen molar-refractivity contribution in [3.05, 3.63) is 0 Å². The second-order valence-corrected chi connectivity index (χ2v) is 14.6. The Morgan fingerprint density at radius 2 is 1.86 bits per heavy atom. The Hall–Kier alpha value is 0.0569. The molecule has 122 valence electrons. The summed E-state index contributed by atoms with van der Waals surface area (Å²) < 4.78 is 6.25. The summed E-state index contributed by atoms with van der Waals surface area (Å²) in [6.45, 7) is 8.90. The van der Waals surface area contributed by atoms with Crippen LogP contribution in [0.1, 0.15) is 39.0 Å². The first-order chi connectivity index (χ1) is 9.53. The lowest BCUT2D eigenvalue weighted by Crippen LogP contribution is -2.72. The lowest BCUT2D eigenvalue weighted by Gasteiger charge is -2.60. The molecule has 2 saturated heterocycles. The molecule has 3 aliphatic rings. The van der Waals surface area contributed by atoms with Crippen molar-refractivity contribution in [2.45, 2.75) is 94.2 Å². The molecule has 2 aliphatic heterocycles. The van der Waals surface area contributed by atoms with E-state index in [-0.39, 0.29) is 11.5 Å². The van der Waals surface area contributed by atoms with E-state index in [1.54, 1.807) is 0 Å². The molecular weight excluding hydrogens is 284 g/mol. The van der Waals surface area contributed by atoms with Crippen molar-refractivity contribution in [3.63, 3.8) is 0 Å². The van der Waals surface area contributed by atoms with Crippen LogP contribution < -0.4 is 0 Å². The van der Waals surface area contributed by atoms with Crippen LogP contribution >= 0.6 is 0 Å². The largest absolute Gasteiger partial charge is 0.390 e.